The molecular weight excluding hydrogens is 530 g/mol. The number of sulfone groups is 1. The Hall–Kier alpha value is -2.04. The van der Waals surface area contributed by atoms with Crippen molar-refractivity contribution in [3.05, 3.63) is 53.1 Å². The van der Waals surface area contributed by atoms with E-state index in [0.29, 0.717) is 11.7 Å². The zero-order chi connectivity index (χ0) is 25.9. The van der Waals surface area contributed by atoms with Gasteiger partial charge in [-0.05, 0) is 69.0 Å². The van der Waals surface area contributed by atoms with E-state index in [9.17, 15) is 13.2 Å². The van der Waals surface area contributed by atoms with Crippen LogP contribution in [0.2, 0.25) is 0 Å². The number of aromatic nitrogens is 1. The number of amides is 1. The van der Waals surface area contributed by atoms with Gasteiger partial charge >= 0.3 is 0 Å². The van der Waals surface area contributed by atoms with Gasteiger partial charge in [-0.3, -0.25) is 14.6 Å². The number of ether oxygens (including phenoxy) is 1. The van der Waals surface area contributed by atoms with Gasteiger partial charge in [0.1, 0.15) is 0 Å². The summed E-state index contributed by atoms with van der Waals surface area (Å²) in [5.41, 5.74) is 4.05. The molecule has 7 nitrogen and oxygen atoms in total. The van der Waals surface area contributed by atoms with Gasteiger partial charge in [0, 0.05) is 26.2 Å². The summed E-state index contributed by atoms with van der Waals surface area (Å²) < 4.78 is 31.4. The number of hydrogen-bond acceptors (Lipinski definition) is 7. The minimum Gasteiger partial charge on any atom is -0.379 e. The first kappa shape index (κ1) is 29.5. The second kappa shape index (κ2) is 12.7. The van der Waals surface area contributed by atoms with E-state index in [2.05, 4.69) is 30.9 Å². The van der Waals surface area contributed by atoms with Gasteiger partial charge in [0.25, 0.3) is 0 Å². The van der Waals surface area contributed by atoms with Crippen LogP contribution in [0.4, 0.5) is 5.13 Å². The van der Waals surface area contributed by atoms with Crippen molar-refractivity contribution in [3.63, 3.8) is 0 Å². The van der Waals surface area contributed by atoms with Crippen molar-refractivity contribution in [1.82, 2.24) is 9.88 Å². The maximum Gasteiger partial charge on any atom is 0.233 e. The summed E-state index contributed by atoms with van der Waals surface area (Å²) in [5.74, 6) is -0.0372. The molecule has 2 aromatic carbocycles. The first-order valence-electron chi connectivity index (χ1n) is 12.5. The number of morpholine rings is 1. The molecule has 1 aliphatic heterocycles. The molecule has 1 amide bonds. The molecule has 0 atom stereocenters. The number of aryl methyl sites for hydroxylation is 2. The summed E-state index contributed by atoms with van der Waals surface area (Å²) >= 11 is 1.54. The Kier molecular flexibility index (Phi) is 10.1. The fourth-order valence-corrected chi connectivity index (χ4v) is 6.40. The summed E-state index contributed by atoms with van der Waals surface area (Å²) in [7, 11) is -3.34. The van der Waals surface area contributed by atoms with Crippen molar-refractivity contribution in [3.8, 4) is 0 Å². The monoisotopic (exact) mass is 565 g/mol. The van der Waals surface area contributed by atoms with E-state index in [1.165, 1.54) is 5.56 Å². The highest BCUT2D eigenvalue weighted by molar-refractivity contribution is 7.92. The van der Waals surface area contributed by atoms with Crippen LogP contribution in [0, 0.1) is 13.8 Å². The number of benzene rings is 2. The normalized spacial score (nSPS) is 14.6. The standard InChI is InChI=1S/C27H35N3O4S2.ClH/c1-19(2)36(32,33)23-9-7-22(8-10-23)18-25(31)30(13-5-12-29-14-16-34-17-15-29)27-28-26-21(4)20(3)6-11-24(26)35-27;/h6-11,19H,5,12-18H2,1-4H3;1H. The molecule has 3 aromatic rings. The maximum absolute atomic E-state index is 13.6. The van der Waals surface area contributed by atoms with Crippen molar-refractivity contribution in [2.75, 3.05) is 44.3 Å². The third kappa shape index (κ3) is 6.89. The lowest BCUT2D eigenvalue weighted by molar-refractivity contribution is -0.118. The van der Waals surface area contributed by atoms with E-state index < -0.39 is 15.1 Å². The number of hydrogen-bond donors (Lipinski definition) is 0. The SMILES string of the molecule is Cc1ccc2sc(N(CCCN3CCOCC3)C(=O)Cc3ccc(S(=O)(=O)C(C)C)cc3)nc2c1C.Cl. The number of fused-ring (bicyclic) bond motifs is 1. The average molecular weight is 566 g/mol. The molecule has 1 aliphatic rings. The largest absolute Gasteiger partial charge is 0.379 e. The Balaban J connectivity index is 0.00000380. The zero-order valence-electron chi connectivity index (χ0n) is 21.9. The summed E-state index contributed by atoms with van der Waals surface area (Å²) in [6, 6.07) is 10.9. The van der Waals surface area contributed by atoms with Crippen LogP contribution >= 0.6 is 23.7 Å². The number of thiazole rings is 1. The first-order chi connectivity index (χ1) is 17.2. The molecule has 1 aromatic heterocycles. The van der Waals surface area contributed by atoms with Crippen LogP contribution in [0.3, 0.4) is 0 Å². The lowest BCUT2D eigenvalue weighted by Crippen LogP contribution is -2.39. The molecule has 0 spiro atoms. The Morgan fingerprint density at radius 1 is 1.11 bits per heavy atom. The quantitative estimate of drug-likeness (QED) is 0.370. The number of rotatable bonds is 9. The van der Waals surface area contributed by atoms with Crippen molar-refractivity contribution < 1.29 is 17.9 Å². The summed E-state index contributed by atoms with van der Waals surface area (Å²) in [6.07, 6.45) is 1.03. The molecule has 0 radical (unpaired) electrons. The van der Waals surface area contributed by atoms with Crippen molar-refractivity contribution in [1.29, 1.82) is 0 Å². The predicted octanol–water partition coefficient (Wildman–Crippen LogP) is 4.82. The van der Waals surface area contributed by atoms with E-state index in [0.717, 1.165) is 60.6 Å². The van der Waals surface area contributed by atoms with E-state index in [1.807, 2.05) is 0 Å². The highest BCUT2D eigenvalue weighted by Gasteiger charge is 2.23. The van der Waals surface area contributed by atoms with Crippen LogP contribution in [-0.2, 0) is 25.8 Å². The molecular formula is C27H36ClN3O4S2. The van der Waals surface area contributed by atoms with E-state index in [4.69, 9.17) is 9.72 Å². The Morgan fingerprint density at radius 3 is 2.43 bits per heavy atom. The predicted molar refractivity (Wildman–Crippen MR) is 153 cm³/mol. The molecule has 0 unspecified atom stereocenters. The minimum atomic E-state index is -3.34. The Morgan fingerprint density at radius 2 is 1.78 bits per heavy atom. The number of carbonyl (C=O) groups excluding carboxylic acids is 1. The number of nitrogens with zero attached hydrogens (tertiary/aromatic N) is 3. The first-order valence-corrected chi connectivity index (χ1v) is 14.8. The highest BCUT2D eigenvalue weighted by Crippen LogP contribution is 2.32. The number of carbonyl (C=O) groups is 1. The van der Waals surface area contributed by atoms with Gasteiger partial charge in [-0.1, -0.05) is 29.5 Å². The van der Waals surface area contributed by atoms with Gasteiger partial charge in [0.15, 0.2) is 15.0 Å². The molecule has 1 fully saturated rings. The molecule has 10 heteroatoms. The van der Waals surface area contributed by atoms with E-state index in [-0.39, 0.29) is 29.6 Å². The molecule has 1 saturated heterocycles. The van der Waals surface area contributed by atoms with Crippen molar-refractivity contribution in [2.24, 2.45) is 0 Å². The summed E-state index contributed by atoms with van der Waals surface area (Å²) in [4.78, 5) is 22.9. The lowest BCUT2D eigenvalue weighted by atomic mass is 10.1. The second-order valence-electron chi connectivity index (χ2n) is 9.62. The molecule has 0 bridgehead atoms. The number of halogens is 1. The highest BCUT2D eigenvalue weighted by atomic mass is 35.5. The van der Waals surface area contributed by atoms with Crippen molar-refractivity contribution in [2.45, 2.75) is 50.7 Å². The van der Waals surface area contributed by atoms with E-state index in [1.54, 1.807) is 54.3 Å². The molecule has 0 N–H and O–H groups in total. The van der Waals surface area contributed by atoms with Crippen LogP contribution in [0.25, 0.3) is 10.2 Å². The van der Waals surface area contributed by atoms with Crippen LogP contribution in [-0.4, -0.2) is 68.9 Å². The van der Waals surface area contributed by atoms with Crippen LogP contribution in [0.15, 0.2) is 41.3 Å². The van der Waals surface area contributed by atoms with E-state index >= 15 is 0 Å². The average Bonchev–Trinajstić information content (AvgIpc) is 3.29. The Labute approximate surface area is 230 Å². The van der Waals surface area contributed by atoms with Crippen LogP contribution in [0.5, 0.6) is 0 Å². The topological polar surface area (TPSA) is 79.8 Å². The fraction of sp³-hybridized carbons (Fsp3) is 0.481. The van der Waals surface area contributed by atoms with Gasteiger partial charge in [0.05, 0.1) is 40.0 Å². The Bertz CT molecular complexity index is 1320. The van der Waals surface area contributed by atoms with Gasteiger partial charge in [0.2, 0.25) is 5.91 Å². The number of anilines is 1. The third-order valence-corrected chi connectivity index (χ3v) is 10.0. The summed E-state index contributed by atoms with van der Waals surface area (Å²) in [6.45, 7) is 12.3. The fourth-order valence-electron chi connectivity index (χ4n) is 4.27. The van der Waals surface area contributed by atoms with Crippen LogP contribution in [0.1, 0.15) is 37.0 Å². The maximum atomic E-state index is 13.6. The minimum absolute atomic E-state index is 0. The smallest absolute Gasteiger partial charge is 0.233 e. The molecule has 0 aliphatic carbocycles. The zero-order valence-corrected chi connectivity index (χ0v) is 24.3. The van der Waals surface area contributed by atoms with Gasteiger partial charge in [-0.25, -0.2) is 13.4 Å². The summed E-state index contributed by atoms with van der Waals surface area (Å²) in [5, 5.41) is 0.225. The molecule has 4 rings (SSSR count). The molecule has 37 heavy (non-hydrogen) atoms. The molecule has 202 valence electrons. The molecule has 0 saturated carbocycles. The third-order valence-electron chi connectivity index (χ3n) is 6.79. The van der Waals surface area contributed by atoms with Crippen LogP contribution < -0.4 is 4.90 Å². The van der Waals surface area contributed by atoms with Gasteiger partial charge in [-0.2, -0.15) is 0 Å². The van der Waals surface area contributed by atoms with Gasteiger partial charge in [-0.15, -0.1) is 12.4 Å². The lowest BCUT2D eigenvalue weighted by Gasteiger charge is -2.27. The molecule has 2 heterocycles. The van der Waals surface area contributed by atoms with Gasteiger partial charge < -0.3 is 4.74 Å². The van der Waals surface area contributed by atoms with Crippen molar-refractivity contribution >= 4 is 54.8 Å². The second-order valence-corrected chi connectivity index (χ2v) is 13.1.